The van der Waals surface area contributed by atoms with Gasteiger partial charge in [-0.1, -0.05) is 48.5 Å². The Labute approximate surface area is 126 Å². The summed E-state index contributed by atoms with van der Waals surface area (Å²) in [6.07, 6.45) is 1.77. The SMILES string of the molecule is C[C@@H]1CC[C@H](c2ccccc2)N1S(=O)(=O)c1ccccc1. The molecule has 0 N–H and O–H groups in total. The number of nitrogens with zero attached hydrogens (tertiary/aromatic N) is 1. The Hall–Kier alpha value is -1.65. The van der Waals surface area contributed by atoms with E-state index in [1.54, 1.807) is 28.6 Å². The van der Waals surface area contributed by atoms with Crippen LogP contribution in [0.1, 0.15) is 31.4 Å². The van der Waals surface area contributed by atoms with Gasteiger partial charge in [0.2, 0.25) is 10.0 Å². The molecule has 1 heterocycles. The van der Waals surface area contributed by atoms with Gasteiger partial charge in [-0.2, -0.15) is 4.31 Å². The molecule has 21 heavy (non-hydrogen) atoms. The zero-order chi connectivity index (χ0) is 14.9. The van der Waals surface area contributed by atoms with Crippen LogP contribution in [-0.4, -0.2) is 18.8 Å². The van der Waals surface area contributed by atoms with Crippen LogP contribution in [0.2, 0.25) is 0 Å². The van der Waals surface area contributed by atoms with Crippen molar-refractivity contribution in [2.75, 3.05) is 0 Å². The van der Waals surface area contributed by atoms with Crippen molar-refractivity contribution in [1.82, 2.24) is 4.31 Å². The maximum Gasteiger partial charge on any atom is 0.243 e. The zero-order valence-corrected chi connectivity index (χ0v) is 12.8. The van der Waals surface area contributed by atoms with Gasteiger partial charge >= 0.3 is 0 Å². The van der Waals surface area contributed by atoms with Crippen molar-refractivity contribution in [2.24, 2.45) is 0 Å². The molecule has 110 valence electrons. The van der Waals surface area contributed by atoms with Gasteiger partial charge in [0.1, 0.15) is 0 Å². The largest absolute Gasteiger partial charge is 0.243 e. The van der Waals surface area contributed by atoms with Crippen molar-refractivity contribution >= 4 is 10.0 Å². The second-order valence-corrected chi connectivity index (χ2v) is 7.34. The quantitative estimate of drug-likeness (QED) is 0.868. The lowest BCUT2D eigenvalue weighted by molar-refractivity contribution is 0.340. The van der Waals surface area contributed by atoms with Gasteiger partial charge in [-0.05, 0) is 37.5 Å². The first-order valence-electron chi connectivity index (χ1n) is 7.24. The van der Waals surface area contributed by atoms with E-state index in [0.717, 1.165) is 18.4 Å². The van der Waals surface area contributed by atoms with Crippen molar-refractivity contribution < 1.29 is 8.42 Å². The minimum absolute atomic E-state index is 0.0282. The summed E-state index contributed by atoms with van der Waals surface area (Å²) >= 11 is 0. The Balaban J connectivity index is 2.02. The van der Waals surface area contributed by atoms with Crippen LogP contribution in [0.4, 0.5) is 0 Å². The lowest BCUT2D eigenvalue weighted by Gasteiger charge is -2.28. The monoisotopic (exact) mass is 301 g/mol. The third kappa shape index (κ3) is 2.61. The van der Waals surface area contributed by atoms with Crippen LogP contribution in [0.25, 0.3) is 0 Å². The number of hydrogen-bond donors (Lipinski definition) is 0. The number of hydrogen-bond acceptors (Lipinski definition) is 2. The van der Waals surface area contributed by atoms with Crippen molar-refractivity contribution in [3.8, 4) is 0 Å². The Morgan fingerprint density at radius 3 is 2.10 bits per heavy atom. The lowest BCUT2D eigenvalue weighted by Crippen LogP contribution is -2.35. The summed E-state index contributed by atoms with van der Waals surface area (Å²) in [7, 11) is -3.45. The van der Waals surface area contributed by atoms with Gasteiger partial charge in [0, 0.05) is 6.04 Å². The minimum Gasteiger partial charge on any atom is -0.207 e. The van der Waals surface area contributed by atoms with Crippen molar-refractivity contribution in [1.29, 1.82) is 0 Å². The molecule has 0 spiro atoms. The van der Waals surface area contributed by atoms with E-state index in [1.165, 1.54) is 0 Å². The molecule has 2 aromatic carbocycles. The molecule has 1 aliphatic rings. The highest BCUT2D eigenvalue weighted by Gasteiger charge is 2.40. The van der Waals surface area contributed by atoms with E-state index >= 15 is 0 Å². The van der Waals surface area contributed by atoms with Crippen LogP contribution in [0.3, 0.4) is 0 Å². The van der Waals surface area contributed by atoms with E-state index < -0.39 is 10.0 Å². The molecule has 0 amide bonds. The molecule has 1 aliphatic heterocycles. The molecule has 0 aliphatic carbocycles. The Morgan fingerprint density at radius 1 is 0.905 bits per heavy atom. The summed E-state index contributed by atoms with van der Waals surface area (Å²) in [6.45, 7) is 1.99. The molecule has 0 aromatic heterocycles. The molecule has 0 unspecified atom stereocenters. The Kier molecular flexibility index (Phi) is 3.83. The second kappa shape index (κ2) is 5.62. The van der Waals surface area contributed by atoms with E-state index in [-0.39, 0.29) is 12.1 Å². The fourth-order valence-electron chi connectivity index (χ4n) is 3.07. The van der Waals surface area contributed by atoms with Gasteiger partial charge < -0.3 is 0 Å². The summed E-state index contributed by atoms with van der Waals surface area (Å²) in [6, 6.07) is 18.6. The maximum atomic E-state index is 13.0. The fraction of sp³-hybridized carbons (Fsp3) is 0.294. The molecule has 0 saturated carbocycles. The van der Waals surface area contributed by atoms with E-state index in [9.17, 15) is 8.42 Å². The lowest BCUT2D eigenvalue weighted by atomic mass is 10.1. The Bertz CT molecular complexity index is 698. The predicted octanol–water partition coefficient (Wildman–Crippen LogP) is 3.60. The van der Waals surface area contributed by atoms with E-state index in [4.69, 9.17) is 0 Å². The smallest absolute Gasteiger partial charge is 0.207 e. The molecule has 1 fully saturated rings. The summed E-state index contributed by atoms with van der Waals surface area (Å²) in [4.78, 5) is 0.375. The second-order valence-electron chi connectivity index (χ2n) is 5.50. The number of rotatable bonds is 3. The number of sulfonamides is 1. The van der Waals surface area contributed by atoms with E-state index in [1.807, 2.05) is 43.3 Å². The summed E-state index contributed by atoms with van der Waals surface area (Å²) in [5.41, 5.74) is 1.07. The molecule has 1 saturated heterocycles. The molecule has 0 bridgehead atoms. The van der Waals surface area contributed by atoms with Crippen LogP contribution in [0.15, 0.2) is 65.6 Å². The Morgan fingerprint density at radius 2 is 1.48 bits per heavy atom. The van der Waals surface area contributed by atoms with Crippen LogP contribution in [-0.2, 0) is 10.0 Å². The third-order valence-electron chi connectivity index (χ3n) is 4.10. The molecule has 3 rings (SSSR count). The van der Waals surface area contributed by atoms with E-state index in [2.05, 4.69) is 0 Å². The predicted molar refractivity (Wildman–Crippen MR) is 83.3 cm³/mol. The highest BCUT2D eigenvalue weighted by Crippen LogP contribution is 2.40. The first-order chi connectivity index (χ1) is 10.1. The first kappa shape index (κ1) is 14.3. The van der Waals surface area contributed by atoms with Crippen molar-refractivity contribution in [2.45, 2.75) is 36.7 Å². The van der Waals surface area contributed by atoms with Gasteiger partial charge in [0.15, 0.2) is 0 Å². The maximum absolute atomic E-state index is 13.0. The van der Waals surface area contributed by atoms with Gasteiger partial charge in [-0.3, -0.25) is 0 Å². The van der Waals surface area contributed by atoms with Gasteiger partial charge in [-0.25, -0.2) is 8.42 Å². The average molecular weight is 301 g/mol. The topological polar surface area (TPSA) is 37.4 Å². The van der Waals surface area contributed by atoms with Gasteiger partial charge in [0.25, 0.3) is 0 Å². The highest BCUT2D eigenvalue weighted by atomic mass is 32.2. The van der Waals surface area contributed by atoms with Crippen molar-refractivity contribution in [3.63, 3.8) is 0 Å². The molecule has 0 radical (unpaired) electrons. The minimum atomic E-state index is -3.45. The molecule has 2 atom stereocenters. The normalized spacial score (nSPS) is 23.3. The molecular weight excluding hydrogens is 282 g/mol. The van der Waals surface area contributed by atoms with Crippen LogP contribution in [0.5, 0.6) is 0 Å². The van der Waals surface area contributed by atoms with Crippen LogP contribution < -0.4 is 0 Å². The fourth-order valence-corrected chi connectivity index (χ4v) is 4.95. The summed E-state index contributed by atoms with van der Waals surface area (Å²) in [5.74, 6) is 0. The van der Waals surface area contributed by atoms with Gasteiger partial charge in [-0.15, -0.1) is 0 Å². The third-order valence-corrected chi connectivity index (χ3v) is 6.14. The van der Waals surface area contributed by atoms with Crippen LogP contribution >= 0.6 is 0 Å². The highest BCUT2D eigenvalue weighted by molar-refractivity contribution is 7.89. The zero-order valence-electron chi connectivity index (χ0n) is 12.0. The van der Waals surface area contributed by atoms with Crippen LogP contribution in [0, 0.1) is 0 Å². The summed E-state index contributed by atoms with van der Waals surface area (Å²) in [5, 5.41) is 0. The molecule has 4 heteroatoms. The first-order valence-corrected chi connectivity index (χ1v) is 8.68. The summed E-state index contributed by atoms with van der Waals surface area (Å²) < 4.78 is 27.6. The average Bonchev–Trinajstić information content (AvgIpc) is 2.91. The molecule has 2 aromatic rings. The molecule has 3 nitrogen and oxygen atoms in total. The van der Waals surface area contributed by atoms with E-state index in [0.29, 0.717) is 4.90 Å². The standard InChI is InChI=1S/C17H19NO2S/c1-14-12-13-17(15-8-4-2-5-9-15)18(14)21(19,20)16-10-6-3-7-11-16/h2-11,14,17H,12-13H2,1H3/t14-,17-/m1/s1. The van der Waals surface area contributed by atoms with Crippen molar-refractivity contribution in [3.05, 3.63) is 66.2 Å². The molecular formula is C17H19NO2S. The number of benzene rings is 2. The van der Waals surface area contributed by atoms with Gasteiger partial charge in [0.05, 0.1) is 10.9 Å².